The summed E-state index contributed by atoms with van der Waals surface area (Å²) >= 11 is 0. The van der Waals surface area contributed by atoms with Gasteiger partial charge in [-0.25, -0.2) is 27.8 Å². The number of hydrazone groups is 1. The summed E-state index contributed by atoms with van der Waals surface area (Å²) in [5, 5.41) is 5.25. The van der Waals surface area contributed by atoms with Crippen LogP contribution >= 0.6 is 0 Å². The van der Waals surface area contributed by atoms with Crippen LogP contribution in [0.4, 0.5) is 28.6 Å². The van der Waals surface area contributed by atoms with Gasteiger partial charge in [0.15, 0.2) is 14.1 Å². The van der Waals surface area contributed by atoms with Gasteiger partial charge >= 0.3 is 12.1 Å². The second kappa shape index (κ2) is 13.0. The predicted octanol–water partition coefficient (Wildman–Crippen LogP) is 6.88. The average Bonchev–Trinajstić information content (AvgIpc) is 3.37. The molecule has 4 rings (SSSR count). The molecular formula is C31H42F3N5O5Si. The van der Waals surface area contributed by atoms with Crippen molar-refractivity contribution in [3.63, 3.8) is 0 Å². The Labute approximate surface area is 263 Å². The molecule has 2 aromatic rings. The summed E-state index contributed by atoms with van der Waals surface area (Å²) < 4.78 is 60.1. The Morgan fingerprint density at radius 2 is 1.67 bits per heavy atom. The Kier molecular flexibility index (Phi) is 9.88. The van der Waals surface area contributed by atoms with Gasteiger partial charge in [-0.2, -0.15) is 10.1 Å². The van der Waals surface area contributed by atoms with Gasteiger partial charge in [-0.05, 0) is 68.7 Å². The largest absolute Gasteiger partial charge is 0.468 e. The number of rotatable bonds is 8. The number of anilines is 1. The number of hydrogen-bond acceptors (Lipinski definition) is 7. The first-order chi connectivity index (χ1) is 20.8. The maximum absolute atomic E-state index is 14.9. The van der Waals surface area contributed by atoms with E-state index < -0.39 is 55.6 Å². The minimum absolute atomic E-state index is 0.0314. The summed E-state index contributed by atoms with van der Waals surface area (Å²) in [7, 11) is -2.11. The number of amides is 3. The van der Waals surface area contributed by atoms with Crippen molar-refractivity contribution in [2.24, 2.45) is 5.10 Å². The molecule has 1 fully saturated rings. The fraction of sp³-hybridized carbons (Fsp3) is 0.548. The number of ether oxygens (including phenoxy) is 2. The molecule has 45 heavy (non-hydrogen) atoms. The monoisotopic (exact) mass is 649 g/mol. The summed E-state index contributed by atoms with van der Waals surface area (Å²) in [6, 6.07) is 4.51. The number of carbonyl (C=O) groups is 2. The number of carbonyl (C=O) groups excluding carboxylic acids is 2. The third-order valence-corrected chi connectivity index (χ3v) is 12.5. The number of urea groups is 1. The molecule has 246 valence electrons. The van der Waals surface area contributed by atoms with E-state index in [1.54, 1.807) is 20.8 Å². The summed E-state index contributed by atoms with van der Waals surface area (Å²) in [6.45, 7) is 16.4. The molecule has 0 unspecified atom stereocenters. The SMILES string of the molecule is CC(C)(C)OC(=O)N(CCO[Si](C)(C)C(C)(C)C)c1ccc(F)c(OC2CN(C(=O)N3N=CC[C@H]3c3cc(F)cc(F)c3)C2)n1. The lowest BCUT2D eigenvalue weighted by atomic mass is 10.0. The van der Waals surface area contributed by atoms with Gasteiger partial charge < -0.3 is 18.8 Å². The molecule has 1 aromatic carbocycles. The topological polar surface area (TPSA) is 96.8 Å². The van der Waals surface area contributed by atoms with Gasteiger partial charge in [0.2, 0.25) is 0 Å². The molecule has 0 saturated carbocycles. The van der Waals surface area contributed by atoms with Crippen LogP contribution < -0.4 is 9.64 Å². The molecule has 0 aliphatic carbocycles. The van der Waals surface area contributed by atoms with Gasteiger partial charge in [0.25, 0.3) is 5.88 Å². The van der Waals surface area contributed by atoms with Crippen LogP contribution in [0.2, 0.25) is 18.1 Å². The summed E-state index contributed by atoms with van der Waals surface area (Å²) in [5.74, 6) is -2.42. The first-order valence-electron chi connectivity index (χ1n) is 14.9. The average molecular weight is 650 g/mol. The van der Waals surface area contributed by atoms with E-state index in [9.17, 15) is 22.8 Å². The number of pyridine rings is 1. The lowest BCUT2D eigenvalue weighted by Crippen LogP contribution is -2.59. The number of aromatic nitrogens is 1. The molecule has 0 radical (unpaired) electrons. The van der Waals surface area contributed by atoms with Gasteiger partial charge in [0, 0.05) is 18.7 Å². The Morgan fingerprint density at radius 3 is 2.27 bits per heavy atom. The molecular weight excluding hydrogens is 607 g/mol. The maximum Gasteiger partial charge on any atom is 0.416 e. The Balaban J connectivity index is 1.43. The number of benzene rings is 1. The summed E-state index contributed by atoms with van der Waals surface area (Å²) in [5.41, 5.74) is -0.489. The van der Waals surface area contributed by atoms with Gasteiger partial charge in [-0.3, -0.25) is 4.90 Å². The Hall–Kier alpha value is -3.65. The molecule has 2 aliphatic rings. The van der Waals surface area contributed by atoms with E-state index in [0.29, 0.717) is 12.0 Å². The van der Waals surface area contributed by atoms with Gasteiger partial charge in [0.05, 0.1) is 32.3 Å². The lowest BCUT2D eigenvalue weighted by Gasteiger charge is -2.40. The lowest BCUT2D eigenvalue weighted by molar-refractivity contribution is 0.0230. The second-order valence-corrected chi connectivity index (χ2v) is 18.5. The molecule has 0 spiro atoms. The zero-order valence-corrected chi connectivity index (χ0v) is 28.1. The maximum atomic E-state index is 14.9. The third kappa shape index (κ3) is 8.34. The van der Waals surface area contributed by atoms with Crippen molar-refractivity contribution in [3.05, 3.63) is 53.3 Å². The molecule has 1 saturated heterocycles. The second-order valence-electron chi connectivity index (χ2n) is 13.7. The Morgan fingerprint density at radius 1 is 1.02 bits per heavy atom. The summed E-state index contributed by atoms with van der Waals surface area (Å²) in [4.78, 5) is 33.4. The minimum Gasteiger partial charge on any atom is -0.468 e. The minimum atomic E-state index is -2.11. The molecule has 3 heterocycles. The van der Waals surface area contributed by atoms with Crippen LogP contribution in [-0.2, 0) is 9.16 Å². The normalized spacial score (nSPS) is 17.4. The molecule has 14 heteroatoms. The van der Waals surface area contributed by atoms with Crippen LogP contribution in [-0.4, -0.2) is 79.5 Å². The van der Waals surface area contributed by atoms with Gasteiger partial charge in [-0.15, -0.1) is 0 Å². The zero-order valence-electron chi connectivity index (χ0n) is 27.1. The number of halogens is 3. The quantitative estimate of drug-likeness (QED) is 0.290. The molecule has 10 nitrogen and oxygen atoms in total. The number of hydrogen-bond donors (Lipinski definition) is 0. The van der Waals surface area contributed by atoms with E-state index in [2.05, 4.69) is 44.0 Å². The molecule has 0 bridgehead atoms. The Bertz CT molecular complexity index is 1420. The zero-order chi connectivity index (χ0) is 33.3. The smallest absolute Gasteiger partial charge is 0.416 e. The fourth-order valence-corrected chi connectivity index (χ4v) is 5.52. The first kappa shape index (κ1) is 34.2. The van der Waals surface area contributed by atoms with E-state index in [-0.39, 0.29) is 43.0 Å². The van der Waals surface area contributed by atoms with Crippen LogP contribution in [0.3, 0.4) is 0 Å². The third-order valence-electron chi connectivity index (χ3n) is 7.97. The molecule has 0 N–H and O–H groups in total. The van der Waals surface area contributed by atoms with Crippen LogP contribution in [0.25, 0.3) is 0 Å². The van der Waals surface area contributed by atoms with Crippen molar-refractivity contribution in [2.75, 3.05) is 31.1 Å². The van der Waals surface area contributed by atoms with Gasteiger partial charge in [-0.1, -0.05) is 20.8 Å². The number of likely N-dealkylation sites (tertiary alicyclic amines) is 1. The van der Waals surface area contributed by atoms with Crippen molar-refractivity contribution in [1.82, 2.24) is 14.9 Å². The van der Waals surface area contributed by atoms with Crippen LogP contribution in [0.15, 0.2) is 35.4 Å². The van der Waals surface area contributed by atoms with Crippen molar-refractivity contribution >= 4 is 32.5 Å². The van der Waals surface area contributed by atoms with Crippen molar-refractivity contribution in [3.8, 4) is 5.88 Å². The molecule has 3 amide bonds. The molecule has 1 atom stereocenters. The highest BCUT2D eigenvalue weighted by atomic mass is 28.4. The van der Waals surface area contributed by atoms with Crippen molar-refractivity contribution < 1.29 is 36.7 Å². The number of nitrogens with zero attached hydrogens (tertiary/aromatic N) is 5. The van der Waals surface area contributed by atoms with Crippen LogP contribution in [0.1, 0.15) is 59.6 Å². The summed E-state index contributed by atoms with van der Waals surface area (Å²) in [6.07, 6.45) is 0.572. The van der Waals surface area contributed by atoms with E-state index in [1.165, 1.54) is 39.2 Å². The van der Waals surface area contributed by atoms with Crippen molar-refractivity contribution in [1.29, 1.82) is 0 Å². The molecule has 1 aromatic heterocycles. The van der Waals surface area contributed by atoms with E-state index >= 15 is 0 Å². The first-order valence-corrected chi connectivity index (χ1v) is 17.8. The van der Waals surface area contributed by atoms with Crippen molar-refractivity contribution in [2.45, 2.75) is 83.8 Å². The van der Waals surface area contributed by atoms with E-state index in [0.717, 1.165) is 12.1 Å². The van der Waals surface area contributed by atoms with Crippen LogP contribution in [0, 0.1) is 17.5 Å². The predicted molar refractivity (Wildman–Crippen MR) is 166 cm³/mol. The fourth-order valence-electron chi connectivity index (χ4n) is 4.49. The highest BCUT2D eigenvalue weighted by Crippen LogP contribution is 2.37. The highest BCUT2D eigenvalue weighted by molar-refractivity contribution is 6.74. The molecule has 2 aliphatic heterocycles. The van der Waals surface area contributed by atoms with E-state index in [1.807, 2.05) is 0 Å². The van der Waals surface area contributed by atoms with Gasteiger partial charge in [0.1, 0.15) is 29.2 Å². The van der Waals surface area contributed by atoms with Crippen LogP contribution in [0.5, 0.6) is 5.88 Å². The standard InChI is InChI=1S/C31H42F3N5O5Si/c1-30(2,3)44-29(41)38(13-14-42-45(7,8)31(4,5)6)26-10-9-24(34)27(36-26)43-23-18-37(19-23)28(40)39-25(11-12-35-39)20-15-21(32)17-22(33)16-20/h9-10,12,15-17,23,25H,11,13-14,18-19H2,1-8H3/t25-/m0/s1. The van der Waals surface area contributed by atoms with E-state index in [4.69, 9.17) is 13.9 Å². The highest BCUT2D eigenvalue weighted by Gasteiger charge is 2.40.